The van der Waals surface area contributed by atoms with E-state index in [1.807, 2.05) is 0 Å². The van der Waals surface area contributed by atoms with Gasteiger partial charge in [-0.2, -0.15) is 0 Å². The van der Waals surface area contributed by atoms with Crippen molar-refractivity contribution >= 4 is 0 Å². The van der Waals surface area contributed by atoms with Gasteiger partial charge in [0, 0.05) is 6.54 Å². The predicted octanol–water partition coefficient (Wildman–Crippen LogP) is -0.483. The lowest BCUT2D eigenvalue weighted by Gasteiger charge is -2.43. The van der Waals surface area contributed by atoms with Gasteiger partial charge in [-0.1, -0.05) is 18.2 Å². The molecule has 118 valence electrons. The van der Waals surface area contributed by atoms with Crippen LogP contribution in [0.2, 0.25) is 0 Å². The van der Waals surface area contributed by atoms with E-state index in [9.17, 15) is 24.8 Å². The highest BCUT2D eigenvalue weighted by molar-refractivity contribution is 5.17. The Morgan fingerprint density at radius 1 is 1.14 bits per heavy atom. The third-order valence-corrected chi connectivity index (χ3v) is 4.07. The van der Waals surface area contributed by atoms with Crippen LogP contribution in [0.3, 0.4) is 0 Å². The van der Waals surface area contributed by atoms with Crippen LogP contribution in [0.5, 0.6) is 0 Å². The minimum atomic E-state index is -1.25. The topological polar surface area (TPSA) is 84.2 Å². The Hall–Kier alpha value is -1.05. The summed E-state index contributed by atoms with van der Waals surface area (Å²) in [7, 11) is 0. The van der Waals surface area contributed by atoms with Crippen molar-refractivity contribution in [1.82, 2.24) is 4.90 Å². The van der Waals surface area contributed by atoms with Crippen LogP contribution in [0.25, 0.3) is 0 Å². The number of aliphatic hydroxyl groups excluding tert-OH is 4. The predicted molar refractivity (Wildman–Crippen MR) is 75.2 cm³/mol. The summed E-state index contributed by atoms with van der Waals surface area (Å²) in [5.74, 6) is -0.245. The minimum Gasteiger partial charge on any atom is -0.395 e. The Morgan fingerprint density at radius 2 is 1.86 bits per heavy atom. The number of aliphatic hydroxyl groups is 4. The van der Waals surface area contributed by atoms with Gasteiger partial charge in [-0.3, -0.25) is 4.90 Å². The second-order valence-electron chi connectivity index (χ2n) is 5.49. The maximum Gasteiger partial charge on any atom is 0.126 e. The SMILES string of the molecule is OC[C@H]1[C@@H](O)[C@H](O)[C@@H](O)CN1CCCc1ccccc1F. The number of aryl methyl sites for hydroxylation is 1. The van der Waals surface area contributed by atoms with Gasteiger partial charge >= 0.3 is 0 Å². The van der Waals surface area contributed by atoms with E-state index in [4.69, 9.17) is 0 Å². The van der Waals surface area contributed by atoms with Crippen molar-refractivity contribution in [3.8, 4) is 0 Å². The van der Waals surface area contributed by atoms with Crippen LogP contribution < -0.4 is 0 Å². The number of β-amino-alcohol motifs (C(OH)–C–C–N with tert-alkyl or cyclic N) is 1. The summed E-state index contributed by atoms with van der Waals surface area (Å²) in [6, 6.07) is 5.95. The van der Waals surface area contributed by atoms with Gasteiger partial charge in [-0.15, -0.1) is 0 Å². The van der Waals surface area contributed by atoms with Gasteiger partial charge < -0.3 is 20.4 Å². The smallest absolute Gasteiger partial charge is 0.126 e. The summed E-state index contributed by atoms with van der Waals surface area (Å²) in [4.78, 5) is 1.74. The normalized spacial score (nSPS) is 30.5. The van der Waals surface area contributed by atoms with Gasteiger partial charge in [-0.25, -0.2) is 4.39 Å². The summed E-state index contributed by atoms with van der Waals surface area (Å²) in [6.45, 7) is 0.381. The van der Waals surface area contributed by atoms with Crippen LogP contribution >= 0.6 is 0 Å². The number of piperidine rings is 1. The fourth-order valence-corrected chi connectivity index (χ4v) is 2.81. The Kier molecular flexibility index (Phi) is 5.66. The molecule has 1 aromatic rings. The molecule has 1 saturated heterocycles. The van der Waals surface area contributed by atoms with E-state index in [1.54, 1.807) is 23.1 Å². The quantitative estimate of drug-likeness (QED) is 0.590. The molecule has 2 rings (SSSR count). The highest BCUT2D eigenvalue weighted by Crippen LogP contribution is 2.19. The van der Waals surface area contributed by atoms with Crippen molar-refractivity contribution in [2.24, 2.45) is 0 Å². The number of hydrogen-bond donors (Lipinski definition) is 4. The molecule has 0 aliphatic carbocycles. The lowest BCUT2D eigenvalue weighted by molar-refractivity contribution is -0.145. The average Bonchev–Trinajstić information content (AvgIpc) is 2.47. The maximum atomic E-state index is 13.5. The zero-order chi connectivity index (χ0) is 15.4. The highest BCUT2D eigenvalue weighted by Gasteiger charge is 2.40. The molecular weight excluding hydrogens is 277 g/mol. The molecule has 0 radical (unpaired) electrons. The summed E-state index contributed by atoms with van der Waals surface area (Å²) in [5, 5.41) is 38.5. The first-order valence-electron chi connectivity index (χ1n) is 7.17. The Balaban J connectivity index is 1.91. The van der Waals surface area contributed by atoms with Crippen LogP contribution in [0, 0.1) is 5.82 Å². The molecule has 1 aliphatic heterocycles. The maximum absolute atomic E-state index is 13.5. The molecule has 0 saturated carbocycles. The van der Waals surface area contributed by atoms with Crippen molar-refractivity contribution in [3.05, 3.63) is 35.6 Å². The summed E-state index contributed by atoms with van der Waals surface area (Å²) in [6.07, 6.45) is -2.31. The van der Waals surface area contributed by atoms with E-state index in [2.05, 4.69) is 0 Å². The van der Waals surface area contributed by atoms with Crippen molar-refractivity contribution < 1.29 is 24.8 Å². The molecule has 4 N–H and O–H groups in total. The summed E-state index contributed by atoms with van der Waals surface area (Å²) in [5.41, 5.74) is 0.621. The first-order valence-corrected chi connectivity index (χ1v) is 7.17. The molecule has 0 spiro atoms. The molecule has 1 aromatic carbocycles. The number of nitrogens with zero attached hydrogens (tertiary/aromatic N) is 1. The molecular formula is C15H22FNO4. The van der Waals surface area contributed by atoms with Crippen molar-refractivity contribution in [2.75, 3.05) is 19.7 Å². The van der Waals surface area contributed by atoms with E-state index < -0.39 is 24.4 Å². The second-order valence-corrected chi connectivity index (χ2v) is 5.49. The second kappa shape index (κ2) is 7.29. The molecule has 4 atom stereocenters. The van der Waals surface area contributed by atoms with Gasteiger partial charge in [0.2, 0.25) is 0 Å². The van der Waals surface area contributed by atoms with Crippen molar-refractivity contribution in [1.29, 1.82) is 0 Å². The van der Waals surface area contributed by atoms with Gasteiger partial charge in [0.15, 0.2) is 0 Å². The largest absolute Gasteiger partial charge is 0.395 e. The average molecular weight is 299 g/mol. The number of benzene rings is 1. The van der Waals surface area contributed by atoms with E-state index in [0.29, 0.717) is 24.9 Å². The summed E-state index contributed by atoms with van der Waals surface area (Å²) < 4.78 is 13.5. The van der Waals surface area contributed by atoms with E-state index in [1.165, 1.54) is 6.07 Å². The zero-order valence-corrected chi connectivity index (χ0v) is 11.8. The Morgan fingerprint density at radius 3 is 2.52 bits per heavy atom. The van der Waals surface area contributed by atoms with Crippen molar-refractivity contribution in [3.63, 3.8) is 0 Å². The number of hydrogen-bond acceptors (Lipinski definition) is 5. The van der Waals surface area contributed by atoms with Crippen LogP contribution in [-0.2, 0) is 6.42 Å². The van der Waals surface area contributed by atoms with Crippen LogP contribution in [0.1, 0.15) is 12.0 Å². The third kappa shape index (κ3) is 3.78. The van der Waals surface area contributed by atoms with Gasteiger partial charge in [-0.05, 0) is 31.0 Å². The lowest BCUT2D eigenvalue weighted by Crippen LogP contribution is -2.62. The third-order valence-electron chi connectivity index (χ3n) is 4.07. The highest BCUT2D eigenvalue weighted by atomic mass is 19.1. The fourth-order valence-electron chi connectivity index (χ4n) is 2.81. The lowest BCUT2D eigenvalue weighted by atomic mass is 9.94. The van der Waals surface area contributed by atoms with Gasteiger partial charge in [0.1, 0.15) is 18.0 Å². The molecule has 1 fully saturated rings. The van der Waals surface area contributed by atoms with E-state index in [0.717, 1.165) is 0 Å². The van der Waals surface area contributed by atoms with Gasteiger partial charge in [0.05, 0.1) is 18.8 Å². The Bertz CT molecular complexity index is 459. The van der Waals surface area contributed by atoms with Gasteiger partial charge in [0.25, 0.3) is 0 Å². The number of likely N-dealkylation sites (tertiary alicyclic amines) is 1. The molecule has 0 amide bonds. The molecule has 0 aromatic heterocycles. The first-order chi connectivity index (χ1) is 10.0. The van der Waals surface area contributed by atoms with Crippen LogP contribution in [0.15, 0.2) is 24.3 Å². The number of rotatable bonds is 5. The molecule has 5 nitrogen and oxygen atoms in total. The van der Waals surface area contributed by atoms with Crippen molar-refractivity contribution in [2.45, 2.75) is 37.2 Å². The number of halogens is 1. The first kappa shape index (κ1) is 16.3. The zero-order valence-electron chi connectivity index (χ0n) is 11.8. The molecule has 0 bridgehead atoms. The fraction of sp³-hybridized carbons (Fsp3) is 0.600. The van der Waals surface area contributed by atoms with E-state index >= 15 is 0 Å². The molecule has 1 heterocycles. The molecule has 6 heteroatoms. The minimum absolute atomic E-state index is 0.181. The molecule has 0 unspecified atom stereocenters. The summed E-state index contributed by atoms with van der Waals surface area (Å²) >= 11 is 0. The monoisotopic (exact) mass is 299 g/mol. The molecule has 21 heavy (non-hydrogen) atoms. The standard InChI is InChI=1S/C15H22FNO4/c16-11-6-2-1-4-10(11)5-3-7-17-8-13(19)15(21)14(20)12(17)9-18/h1-2,4,6,12-15,18-21H,3,5,7-9H2/t12-,13-,14+,15+/m0/s1. The van der Waals surface area contributed by atoms with Crippen LogP contribution in [-0.4, -0.2) is 69.4 Å². The van der Waals surface area contributed by atoms with Crippen LogP contribution in [0.4, 0.5) is 4.39 Å². The van der Waals surface area contributed by atoms with E-state index in [-0.39, 0.29) is 19.0 Å². The Labute approximate surface area is 123 Å². The molecule has 1 aliphatic rings.